The third kappa shape index (κ3) is 2.48. The van der Waals surface area contributed by atoms with Crippen molar-refractivity contribution >= 4 is 11.9 Å². The number of carbonyl (C=O) groups is 2. The van der Waals surface area contributed by atoms with Gasteiger partial charge in [0.05, 0.1) is 24.4 Å². The van der Waals surface area contributed by atoms with Crippen molar-refractivity contribution < 1.29 is 19.1 Å². The SMILES string of the molecule is COC(=O)C1CCC(=O)N1C1CC(C)(C)OC1(C)C. The number of rotatable bonds is 2. The third-order valence-electron chi connectivity index (χ3n) is 4.09. The van der Waals surface area contributed by atoms with Crippen molar-refractivity contribution in [3.8, 4) is 0 Å². The van der Waals surface area contributed by atoms with E-state index in [-0.39, 0.29) is 23.5 Å². The van der Waals surface area contributed by atoms with Crippen molar-refractivity contribution in [2.24, 2.45) is 0 Å². The highest BCUT2D eigenvalue weighted by molar-refractivity contribution is 5.88. The average molecular weight is 269 g/mol. The van der Waals surface area contributed by atoms with Gasteiger partial charge in [0.15, 0.2) is 0 Å². The maximum Gasteiger partial charge on any atom is 0.328 e. The Morgan fingerprint density at radius 1 is 1.37 bits per heavy atom. The lowest BCUT2D eigenvalue weighted by atomic mass is 9.92. The minimum atomic E-state index is -0.459. The van der Waals surface area contributed by atoms with E-state index in [9.17, 15) is 9.59 Å². The van der Waals surface area contributed by atoms with E-state index in [0.717, 1.165) is 6.42 Å². The summed E-state index contributed by atoms with van der Waals surface area (Å²) in [5.41, 5.74) is -0.729. The largest absolute Gasteiger partial charge is 0.467 e. The number of esters is 1. The molecule has 2 unspecified atom stereocenters. The molecule has 0 aromatic rings. The third-order valence-corrected chi connectivity index (χ3v) is 4.09. The van der Waals surface area contributed by atoms with Gasteiger partial charge in [0.2, 0.25) is 5.91 Å². The van der Waals surface area contributed by atoms with Gasteiger partial charge in [0, 0.05) is 6.42 Å². The van der Waals surface area contributed by atoms with Crippen LogP contribution >= 0.6 is 0 Å². The van der Waals surface area contributed by atoms with Crippen molar-refractivity contribution in [1.29, 1.82) is 0 Å². The molecule has 108 valence electrons. The fourth-order valence-corrected chi connectivity index (χ4v) is 3.43. The number of nitrogens with zero attached hydrogens (tertiary/aromatic N) is 1. The van der Waals surface area contributed by atoms with Gasteiger partial charge >= 0.3 is 5.97 Å². The van der Waals surface area contributed by atoms with Crippen LogP contribution in [0.1, 0.15) is 47.0 Å². The van der Waals surface area contributed by atoms with Crippen LogP contribution in [0.15, 0.2) is 0 Å². The normalized spacial score (nSPS) is 32.7. The predicted molar refractivity (Wildman–Crippen MR) is 69.5 cm³/mol. The molecule has 0 spiro atoms. The second-order valence-corrected chi connectivity index (χ2v) is 6.56. The number of amides is 1. The second kappa shape index (κ2) is 4.47. The molecular weight excluding hydrogens is 246 g/mol. The summed E-state index contributed by atoms with van der Waals surface area (Å²) in [6.07, 6.45) is 1.69. The van der Waals surface area contributed by atoms with Crippen LogP contribution in [0.25, 0.3) is 0 Å². The Morgan fingerprint density at radius 3 is 2.47 bits per heavy atom. The molecule has 2 rings (SSSR count). The van der Waals surface area contributed by atoms with E-state index in [0.29, 0.717) is 12.8 Å². The fourth-order valence-electron chi connectivity index (χ4n) is 3.43. The van der Waals surface area contributed by atoms with E-state index in [1.165, 1.54) is 7.11 Å². The Morgan fingerprint density at radius 2 is 2.00 bits per heavy atom. The second-order valence-electron chi connectivity index (χ2n) is 6.56. The molecule has 0 N–H and O–H groups in total. The van der Waals surface area contributed by atoms with Gasteiger partial charge in [0.25, 0.3) is 0 Å². The minimum absolute atomic E-state index is 0.0229. The molecule has 2 aliphatic heterocycles. The molecule has 0 saturated carbocycles. The van der Waals surface area contributed by atoms with Crippen molar-refractivity contribution in [1.82, 2.24) is 4.90 Å². The first-order valence-corrected chi connectivity index (χ1v) is 6.77. The first-order chi connectivity index (χ1) is 8.68. The van der Waals surface area contributed by atoms with Crippen LogP contribution in [0.2, 0.25) is 0 Å². The molecule has 0 aromatic heterocycles. The highest BCUT2D eigenvalue weighted by Crippen LogP contribution is 2.42. The zero-order chi connectivity index (χ0) is 14.4. The standard InChI is InChI=1S/C14H23NO4/c1-13(2)8-10(14(3,4)19-13)15-9(12(17)18-5)6-7-11(15)16/h9-10H,6-8H2,1-5H3. The van der Waals surface area contributed by atoms with Crippen LogP contribution in [0.4, 0.5) is 0 Å². The average Bonchev–Trinajstić information content (AvgIpc) is 2.74. The van der Waals surface area contributed by atoms with Crippen LogP contribution in [-0.4, -0.2) is 47.2 Å². The molecule has 19 heavy (non-hydrogen) atoms. The molecule has 2 heterocycles. The van der Waals surface area contributed by atoms with Gasteiger partial charge in [-0.1, -0.05) is 0 Å². The Bertz CT molecular complexity index is 402. The quantitative estimate of drug-likeness (QED) is 0.713. The Labute approximate surface area is 114 Å². The molecule has 2 saturated heterocycles. The maximum absolute atomic E-state index is 12.2. The summed E-state index contributed by atoms with van der Waals surface area (Å²) in [5.74, 6) is -0.305. The van der Waals surface area contributed by atoms with E-state index in [4.69, 9.17) is 9.47 Å². The van der Waals surface area contributed by atoms with Crippen LogP contribution in [0.5, 0.6) is 0 Å². The Balaban J connectivity index is 2.28. The number of hydrogen-bond acceptors (Lipinski definition) is 4. The van der Waals surface area contributed by atoms with Crippen molar-refractivity contribution in [2.75, 3.05) is 7.11 Å². The lowest BCUT2D eigenvalue weighted by Gasteiger charge is -2.36. The summed E-state index contributed by atoms with van der Waals surface area (Å²) in [6, 6.07) is -0.541. The molecule has 1 amide bonds. The summed E-state index contributed by atoms with van der Waals surface area (Å²) in [5, 5.41) is 0. The van der Waals surface area contributed by atoms with Crippen LogP contribution in [-0.2, 0) is 19.1 Å². The molecule has 0 aromatic carbocycles. The molecule has 0 radical (unpaired) electrons. The van der Waals surface area contributed by atoms with E-state index < -0.39 is 11.6 Å². The van der Waals surface area contributed by atoms with E-state index in [2.05, 4.69) is 0 Å². The van der Waals surface area contributed by atoms with Gasteiger partial charge < -0.3 is 14.4 Å². The molecule has 5 nitrogen and oxygen atoms in total. The molecule has 2 atom stereocenters. The Hall–Kier alpha value is -1.10. The molecule has 2 aliphatic rings. The summed E-state index contributed by atoms with van der Waals surface area (Å²) in [6.45, 7) is 7.99. The molecule has 2 fully saturated rings. The van der Waals surface area contributed by atoms with Crippen LogP contribution in [0.3, 0.4) is 0 Å². The Kier molecular flexibility index (Phi) is 3.37. The zero-order valence-corrected chi connectivity index (χ0v) is 12.4. The van der Waals surface area contributed by atoms with Crippen molar-refractivity contribution in [2.45, 2.75) is 70.2 Å². The fraction of sp³-hybridized carbons (Fsp3) is 0.857. The van der Waals surface area contributed by atoms with Gasteiger partial charge in [-0.25, -0.2) is 4.79 Å². The number of ether oxygens (including phenoxy) is 2. The molecule has 5 heteroatoms. The van der Waals surface area contributed by atoms with Crippen molar-refractivity contribution in [3.63, 3.8) is 0 Å². The van der Waals surface area contributed by atoms with E-state index in [1.807, 2.05) is 27.7 Å². The van der Waals surface area contributed by atoms with Crippen molar-refractivity contribution in [3.05, 3.63) is 0 Å². The van der Waals surface area contributed by atoms with Gasteiger partial charge in [0.1, 0.15) is 6.04 Å². The summed E-state index contributed by atoms with van der Waals surface area (Å²) < 4.78 is 10.8. The summed E-state index contributed by atoms with van der Waals surface area (Å²) in [7, 11) is 1.36. The molecule has 0 aliphatic carbocycles. The smallest absolute Gasteiger partial charge is 0.328 e. The number of likely N-dealkylation sites (tertiary alicyclic amines) is 1. The molecular formula is C14H23NO4. The number of carbonyl (C=O) groups excluding carboxylic acids is 2. The highest BCUT2D eigenvalue weighted by atomic mass is 16.5. The maximum atomic E-state index is 12.2. The van der Waals surface area contributed by atoms with E-state index >= 15 is 0 Å². The minimum Gasteiger partial charge on any atom is -0.467 e. The predicted octanol–water partition coefficient (Wildman–Crippen LogP) is 1.50. The first kappa shape index (κ1) is 14.3. The number of methoxy groups -OCH3 is 1. The zero-order valence-electron chi connectivity index (χ0n) is 12.4. The van der Waals surface area contributed by atoms with Gasteiger partial charge in [-0.15, -0.1) is 0 Å². The van der Waals surface area contributed by atoms with Crippen LogP contribution in [0, 0.1) is 0 Å². The first-order valence-electron chi connectivity index (χ1n) is 6.77. The lowest BCUT2D eigenvalue weighted by Crippen LogP contribution is -2.52. The van der Waals surface area contributed by atoms with E-state index in [1.54, 1.807) is 4.90 Å². The van der Waals surface area contributed by atoms with Gasteiger partial charge in [-0.2, -0.15) is 0 Å². The topological polar surface area (TPSA) is 55.8 Å². The monoisotopic (exact) mass is 269 g/mol. The van der Waals surface area contributed by atoms with Gasteiger partial charge in [-0.05, 0) is 40.5 Å². The lowest BCUT2D eigenvalue weighted by molar-refractivity contribution is -0.153. The summed E-state index contributed by atoms with van der Waals surface area (Å²) in [4.78, 5) is 25.7. The highest BCUT2D eigenvalue weighted by Gasteiger charge is 2.53. The summed E-state index contributed by atoms with van der Waals surface area (Å²) >= 11 is 0. The number of hydrogen-bond donors (Lipinski definition) is 0. The van der Waals surface area contributed by atoms with Crippen LogP contribution < -0.4 is 0 Å². The van der Waals surface area contributed by atoms with Gasteiger partial charge in [-0.3, -0.25) is 4.79 Å². The molecule has 0 bridgehead atoms.